The molecule has 1 N–H and O–H groups in total. The molecule has 0 saturated heterocycles. The van der Waals surface area contributed by atoms with Gasteiger partial charge in [0, 0.05) is 0 Å². The molecule has 4 heteroatoms. The molecule has 0 fully saturated rings. The van der Waals surface area contributed by atoms with Crippen molar-refractivity contribution in [2.75, 3.05) is 0 Å². The van der Waals surface area contributed by atoms with Gasteiger partial charge < -0.3 is 0 Å². The molecule has 2 aromatic rings. The smallest absolute Gasteiger partial charge is 0.282 e. The second-order valence-electron chi connectivity index (χ2n) is 12.9. The van der Waals surface area contributed by atoms with Crippen LogP contribution in [0.3, 0.4) is 0 Å². The highest BCUT2D eigenvalue weighted by Gasteiger charge is 2.12. The summed E-state index contributed by atoms with van der Waals surface area (Å²) in [6.45, 7) is 4.56. The molecule has 0 amide bonds. The van der Waals surface area contributed by atoms with Crippen LogP contribution in [0.25, 0.3) is 10.8 Å². The van der Waals surface area contributed by atoms with Crippen molar-refractivity contribution in [2.45, 2.75) is 186 Å². The highest BCUT2D eigenvalue weighted by molar-refractivity contribution is 7.85. The zero-order valence-electron chi connectivity index (χ0n) is 27.4. The van der Waals surface area contributed by atoms with Gasteiger partial charge in [-0.1, -0.05) is 173 Å². The second kappa shape index (κ2) is 23.1. The minimum atomic E-state index is -4.19. The number of fused-ring (bicyclic) bond motifs is 1. The standard InChI is InChI=1S/C38H64O3S/c1-3-5-7-9-11-13-15-17-19-21-23-25-27-34-31-36-29-30-38(42(39,40)41)33-37(36)32-35(34)28-26-24-22-20-18-16-14-12-10-8-6-4-2/h29-33H,3-28H2,1-2H3,(H,39,40,41). The molecular weight excluding hydrogens is 536 g/mol. The lowest BCUT2D eigenvalue weighted by molar-refractivity contribution is 0.483. The van der Waals surface area contributed by atoms with E-state index in [9.17, 15) is 13.0 Å². The molecule has 0 unspecified atom stereocenters. The van der Waals surface area contributed by atoms with Crippen molar-refractivity contribution in [1.29, 1.82) is 0 Å². The zero-order valence-corrected chi connectivity index (χ0v) is 28.3. The van der Waals surface area contributed by atoms with Crippen molar-refractivity contribution in [1.82, 2.24) is 0 Å². The number of hydrogen-bond donors (Lipinski definition) is 1. The molecule has 0 aromatic heterocycles. The summed E-state index contributed by atoms with van der Waals surface area (Å²) in [6, 6.07) is 9.47. The van der Waals surface area contributed by atoms with E-state index in [1.54, 1.807) is 6.07 Å². The minimum Gasteiger partial charge on any atom is -0.282 e. The van der Waals surface area contributed by atoms with E-state index in [2.05, 4.69) is 26.0 Å². The number of hydrogen-bond acceptors (Lipinski definition) is 2. The van der Waals surface area contributed by atoms with Gasteiger partial charge in [0.15, 0.2) is 0 Å². The summed E-state index contributed by atoms with van der Waals surface area (Å²) in [4.78, 5) is -0.0139. The third-order valence-corrected chi connectivity index (χ3v) is 9.88. The Kier molecular flexibility index (Phi) is 20.2. The molecule has 240 valence electrons. The van der Waals surface area contributed by atoms with E-state index in [-0.39, 0.29) is 4.90 Å². The van der Waals surface area contributed by atoms with Gasteiger partial charge in [-0.2, -0.15) is 8.42 Å². The highest BCUT2D eigenvalue weighted by Crippen LogP contribution is 2.26. The number of benzene rings is 2. The molecule has 0 aliphatic heterocycles. The van der Waals surface area contributed by atoms with Crippen molar-refractivity contribution in [3.05, 3.63) is 41.5 Å². The fourth-order valence-corrected chi connectivity index (χ4v) is 6.82. The van der Waals surface area contributed by atoms with Crippen molar-refractivity contribution in [3.8, 4) is 0 Å². The summed E-state index contributed by atoms with van der Waals surface area (Å²) in [5, 5.41) is 1.98. The Labute approximate surface area is 260 Å². The Balaban J connectivity index is 1.77. The summed E-state index contributed by atoms with van der Waals surface area (Å²) in [5.41, 5.74) is 2.79. The lowest BCUT2D eigenvalue weighted by Crippen LogP contribution is -1.99. The molecule has 0 heterocycles. The monoisotopic (exact) mass is 600 g/mol. The van der Waals surface area contributed by atoms with Gasteiger partial charge in [-0.15, -0.1) is 0 Å². The average Bonchev–Trinajstić information content (AvgIpc) is 2.97. The molecule has 3 nitrogen and oxygen atoms in total. The van der Waals surface area contributed by atoms with Crippen molar-refractivity contribution in [3.63, 3.8) is 0 Å². The van der Waals surface area contributed by atoms with Gasteiger partial charge in [0.25, 0.3) is 10.1 Å². The van der Waals surface area contributed by atoms with Gasteiger partial charge in [0.1, 0.15) is 0 Å². The predicted octanol–water partition coefficient (Wildman–Crippen LogP) is 12.6. The zero-order chi connectivity index (χ0) is 30.3. The normalized spacial score (nSPS) is 12.0. The molecular formula is C38H64O3S. The maximum Gasteiger partial charge on any atom is 0.294 e. The summed E-state index contributed by atoms with van der Waals surface area (Å²) < 4.78 is 33.0. The first-order valence-corrected chi connectivity index (χ1v) is 19.4. The van der Waals surface area contributed by atoms with Gasteiger partial charge in [0.05, 0.1) is 4.90 Å². The van der Waals surface area contributed by atoms with Gasteiger partial charge in [0.2, 0.25) is 0 Å². The van der Waals surface area contributed by atoms with Crippen LogP contribution in [-0.2, 0) is 23.0 Å². The largest absolute Gasteiger partial charge is 0.294 e. The van der Waals surface area contributed by atoms with E-state index in [0.29, 0.717) is 0 Å². The summed E-state index contributed by atoms with van der Waals surface area (Å²) in [7, 11) is -4.19. The molecule has 2 aromatic carbocycles. The van der Waals surface area contributed by atoms with Crippen molar-refractivity contribution >= 4 is 20.9 Å². The van der Waals surface area contributed by atoms with E-state index >= 15 is 0 Å². The Morgan fingerprint density at radius 3 is 1.14 bits per heavy atom. The average molecular weight is 601 g/mol. The summed E-state index contributed by atoms with van der Waals surface area (Å²) in [6.07, 6.45) is 34.7. The van der Waals surface area contributed by atoms with Crippen LogP contribution in [0.2, 0.25) is 0 Å². The fourth-order valence-electron chi connectivity index (χ4n) is 6.31. The lowest BCUT2D eigenvalue weighted by atomic mass is 9.93. The third kappa shape index (κ3) is 16.5. The van der Waals surface area contributed by atoms with Crippen LogP contribution in [-0.4, -0.2) is 13.0 Å². The lowest BCUT2D eigenvalue weighted by Gasteiger charge is -2.13. The Bertz CT molecular complexity index is 1060. The maximum atomic E-state index is 11.7. The van der Waals surface area contributed by atoms with Gasteiger partial charge in [-0.25, -0.2) is 0 Å². The molecule has 0 aliphatic rings. The molecule has 0 aliphatic carbocycles. The Morgan fingerprint density at radius 2 is 0.786 bits per heavy atom. The van der Waals surface area contributed by atoms with Crippen molar-refractivity contribution < 1.29 is 13.0 Å². The third-order valence-electron chi connectivity index (χ3n) is 9.03. The molecule has 0 saturated carbocycles. The predicted molar refractivity (Wildman–Crippen MR) is 183 cm³/mol. The molecule has 0 radical (unpaired) electrons. The summed E-state index contributed by atoms with van der Waals surface area (Å²) in [5.74, 6) is 0. The number of unbranched alkanes of at least 4 members (excludes halogenated alkanes) is 22. The number of aryl methyl sites for hydroxylation is 2. The molecule has 42 heavy (non-hydrogen) atoms. The Morgan fingerprint density at radius 1 is 0.452 bits per heavy atom. The number of rotatable bonds is 27. The first kappa shape index (κ1) is 36.8. The van der Waals surface area contributed by atoms with Crippen LogP contribution in [0.15, 0.2) is 35.2 Å². The molecule has 0 spiro atoms. The molecule has 2 rings (SSSR count). The fraction of sp³-hybridized carbons (Fsp3) is 0.737. The van der Waals surface area contributed by atoms with Gasteiger partial charge in [-0.3, -0.25) is 4.55 Å². The quantitative estimate of drug-likeness (QED) is 0.0819. The molecule has 0 bridgehead atoms. The van der Waals surface area contributed by atoms with E-state index in [1.165, 1.54) is 171 Å². The van der Waals surface area contributed by atoms with Crippen LogP contribution in [0, 0.1) is 0 Å². The van der Waals surface area contributed by atoms with Gasteiger partial charge >= 0.3 is 0 Å². The van der Waals surface area contributed by atoms with Crippen LogP contribution < -0.4 is 0 Å². The molecule has 0 atom stereocenters. The van der Waals surface area contributed by atoms with E-state index in [1.807, 2.05) is 6.07 Å². The van der Waals surface area contributed by atoms with Crippen LogP contribution >= 0.6 is 0 Å². The maximum absolute atomic E-state index is 11.7. The first-order valence-electron chi connectivity index (χ1n) is 18.0. The van der Waals surface area contributed by atoms with Crippen LogP contribution in [0.4, 0.5) is 0 Å². The van der Waals surface area contributed by atoms with Crippen LogP contribution in [0.5, 0.6) is 0 Å². The van der Waals surface area contributed by atoms with Crippen LogP contribution in [0.1, 0.15) is 179 Å². The highest BCUT2D eigenvalue weighted by atomic mass is 32.2. The second-order valence-corrected chi connectivity index (χ2v) is 14.3. The van der Waals surface area contributed by atoms with E-state index in [4.69, 9.17) is 0 Å². The Hall–Kier alpha value is -1.39. The van der Waals surface area contributed by atoms with Gasteiger partial charge in [-0.05, 0) is 59.7 Å². The SMILES string of the molecule is CCCCCCCCCCCCCCc1cc2ccc(S(=O)(=O)O)cc2cc1CCCCCCCCCCCCCC. The van der Waals surface area contributed by atoms with E-state index in [0.717, 1.165) is 23.6 Å². The topological polar surface area (TPSA) is 54.4 Å². The first-order chi connectivity index (χ1) is 20.5. The minimum absolute atomic E-state index is 0.0139. The van der Waals surface area contributed by atoms with E-state index < -0.39 is 10.1 Å². The summed E-state index contributed by atoms with van der Waals surface area (Å²) >= 11 is 0. The van der Waals surface area contributed by atoms with Crippen molar-refractivity contribution in [2.24, 2.45) is 0 Å².